The Labute approximate surface area is 101 Å². The Balaban J connectivity index is 2.24. The molecule has 1 rings (SSSR count). The Bertz CT molecular complexity index is 180. The summed E-state index contributed by atoms with van der Waals surface area (Å²) >= 11 is 0. The van der Waals surface area contributed by atoms with E-state index < -0.39 is 0 Å². The van der Waals surface area contributed by atoms with Gasteiger partial charge in [0.1, 0.15) is 0 Å². The Morgan fingerprint density at radius 3 is 2.56 bits per heavy atom. The lowest BCUT2D eigenvalue weighted by atomic mass is 9.91. The fourth-order valence-electron chi connectivity index (χ4n) is 2.70. The Hall–Kier alpha value is -0.120. The Morgan fingerprint density at radius 2 is 2.00 bits per heavy atom. The van der Waals surface area contributed by atoms with E-state index in [0.717, 1.165) is 26.1 Å². The van der Waals surface area contributed by atoms with Gasteiger partial charge in [0.25, 0.3) is 0 Å². The average molecular weight is 227 g/mol. The first kappa shape index (κ1) is 13.9. The van der Waals surface area contributed by atoms with Crippen molar-refractivity contribution in [3.8, 4) is 0 Å². The molecule has 3 N–H and O–H groups in total. The van der Waals surface area contributed by atoms with Gasteiger partial charge in [-0.25, -0.2) is 0 Å². The number of nitrogens with zero attached hydrogens (tertiary/aromatic N) is 1. The molecule has 0 radical (unpaired) electrons. The summed E-state index contributed by atoms with van der Waals surface area (Å²) in [5.41, 5.74) is 6.00. The summed E-state index contributed by atoms with van der Waals surface area (Å²) in [6, 6.07) is 1.65. The highest BCUT2D eigenvalue weighted by Gasteiger charge is 2.20. The van der Waals surface area contributed by atoms with Gasteiger partial charge in [-0.3, -0.25) is 0 Å². The highest BCUT2D eigenvalue weighted by Crippen LogP contribution is 2.17. The maximum atomic E-state index is 6.00. The van der Waals surface area contributed by atoms with Gasteiger partial charge in [0.05, 0.1) is 0 Å². The monoisotopic (exact) mass is 227 g/mol. The third-order valence-electron chi connectivity index (χ3n) is 3.66. The van der Waals surface area contributed by atoms with Crippen molar-refractivity contribution in [2.75, 3.05) is 19.6 Å². The van der Waals surface area contributed by atoms with Crippen molar-refractivity contribution >= 4 is 0 Å². The smallest absolute Gasteiger partial charge is 0.0169 e. The minimum Gasteiger partial charge on any atom is -0.328 e. The largest absolute Gasteiger partial charge is 0.328 e. The van der Waals surface area contributed by atoms with Crippen LogP contribution in [0, 0.1) is 0 Å². The van der Waals surface area contributed by atoms with Gasteiger partial charge >= 0.3 is 0 Å². The lowest BCUT2D eigenvalue weighted by Crippen LogP contribution is -2.47. The number of hydrogen-bond acceptors (Lipinski definition) is 3. The second kappa shape index (κ2) is 7.25. The SMILES string of the molecule is CCN(CC)CC(C)NC1CCCC(N)C1. The molecule has 3 heteroatoms. The Kier molecular flexibility index (Phi) is 6.32. The van der Waals surface area contributed by atoms with Crippen LogP contribution in [-0.2, 0) is 0 Å². The first-order valence-electron chi connectivity index (χ1n) is 6.89. The van der Waals surface area contributed by atoms with E-state index in [1.807, 2.05) is 0 Å². The van der Waals surface area contributed by atoms with Crippen molar-refractivity contribution in [3.05, 3.63) is 0 Å². The fraction of sp³-hybridized carbons (Fsp3) is 1.00. The van der Waals surface area contributed by atoms with Gasteiger partial charge in [-0.15, -0.1) is 0 Å². The van der Waals surface area contributed by atoms with Crippen molar-refractivity contribution in [2.45, 2.75) is 64.6 Å². The van der Waals surface area contributed by atoms with Crippen LogP contribution >= 0.6 is 0 Å². The van der Waals surface area contributed by atoms with E-state index in [1.165, 1.54) is 19.3 Å². The summed E-state index contributed by atoms with van der Waals surface area (Å²) in [6.07, 6.45) is 4.96. The van der Waals surface area contributed by atoms with Gasteiger partial charge in [-0.05, 0) is 39.3 Å². The summed E-state index contributed by atoms with van der Waals surface area (Å²) in [5.74, 6) is 0. The number of likely N-dealkylation sites (N-methyl/N-ethyl adjacent to an activating group) is 1. The van der Waals surface area contributed by atoms with Crippen LogP contribution in [0.3, 0.4) is 0 Å². The topological polar surface area (TPSA) is 41.3 Å². The molecule has 0 aliphatic heterocycles. The maximum Gasteiger partial charge on any atom is 0.0169 e. The zero-order valence-electron chi connectivity index (χ0n) is 11.2. The van der Waals surface area contributed by atoms with Gasteiger partial charge in [0.15, 0.2) is 0 Å². The summed E-state index contributed by atoms with van der Waals surface area (Å²) < 4.78 is 0. The molecule has 0 saturated heterocycles. The molecule has 3 atom stereocenters. The maximum absolute atomic E-state index is 6.00. The van der Waals surface area contributed by atoms with Crippen LogP contribution in [0.15, 0.2) is 0 Å². The molecule has 1 fully saturated rings. The highest BCUT2D eigenvalue weighted by atomic mass is 15.1. The molecule has 0 aromatic rings. The fourth-order valence-corrected chi connectivity index (χ4v) is 2.70. The summed E-state index contributed by atoms with van der Waals surface area (Å²) in [4.78, 5) is 2.47. The predicted octanol–water partition coefficient (Wildman–Crippen LogP) is 1.58. The minimum atomic E-state index is 0.423. The van der Waals surface area contributed by atoms with Crippen molar-refractivity contribution in [3.63, 3.8) is 0 Å². The molecule has 16 heavy (non-hydrogen) atoms. The molecule has 1 saturated carbocycles. The third kappa shape index (κ3) is 4.81. The van der Waals surface area contributed by atoms with Gasteiger partial charge < -0.3 is 16.0 Å². The van der Waals surface area contributed by atoms with Crippen molar-refractivity contribution in [1.29, 1.82) is 0 Å². The molecule has 3 nitrogen and oxygen atoms in total. The molecule has 3 unspecified atom stereocenters. The Morgan fingerprint density at radius 1 is 1.31 bits per heavy atom. The zero-order chi connectivity index (χ0) is 12.0. The van der Waals surface area contributed by atoms with E-state index in [0.29, 0.717) is 18.1 Å². The van der Waals surface area contributed by atoms with Crippen molar-refractivity contribution < 1.29 is 0 Å². The normalized spacial score (nSPS) is 28.3. The second-order valence-corrected chi connectivity index (χ2v) is 5.18. The average Bonchev–Trinajstić information content (AvgIpc) is 2.26. The van der Waals surface area contributed by atoms with Crippen LogP contribution in [0.5, 0.6) is 0 Å². The third-order valence-corrected chi connectivity index (χ3v) is 3.66. The number of nitrogens with one attached hydrogen (secondary N) is 1. The lowest BCUT2D eigenvalue weighted by molar-refractivity contribution is 0.243. The van der Waals surface area contributed by atoms with Crippen LogP contribution in [0.4, 0.5) is 0 Å². The molecule has 0 heterocycles. The summed E-state index contributed by atoms with van der Waals surface area (Å²) in [6.45, 7) is 10.2. The van der Waals surface area contributed by atoms with Gasteiger partial charge in [0.2, 0.25) is 0 Å². The molecule has 96 valence electrons. The van der Waals surface area contributed by atoms with Crippen LogP contribution in [-0.4, -0.2) is 42.7 Å². The minimum absolute atomic E-state index is 0.423. The second-order valence-electron chi connectivity index (χ2n) is 5.18. The van der Waals surface area contributed by atoms with E-state index in [4.69, 9.17) is 5.73 Å². The first-order chi connectivity index (χ1) is 7.65. The predicted molar refractivity (Wildman–Crippen MR) is 70.6 cm³/mol. The lowest BCUT2D eigenvalue weighted by Gasteiger charge is -2.32. The van der Waals surface area contributed by atoms with E-state index in [-0.39, 0.29) is 0 Å². The van der Waals surface area contributed by atoms with Gasteiger partial charge in [-0.1, -0.05) is 20.3 Å². The summed E-state index contributed by atoms with van der Waals surface area (Å²) in [5, 5.41) is 3.73. The molecule has 0 bridgehead atoms. The highest BCUT2D eigenvalue weighted by molar-refractivity contribution is 4.82. The number of nitrogens with two attached hydrogens (primary N) is 1. The van der Waals surface area contributed by atoms with Crippen LogP contribution in [0.25, 0.3) is 0 Å². The summed E-state index contributed by atoms with van der Waals surface area (Å²) in [7, 11) is 0. The van der Waals surface area contributed by atoms with Gasteiger partial charge in [0, 0.05) is 24.7 Å². The number of hydrogen-bond donors (Lipinski definition) is 2. The van der Waals surface area contributed by atoms with Crippen LogP contribution < -0.4 is 11.1 Å². The molecular formula is C13H29N3. The van der Waals surface area contributed by atoms with Crippen molar-refractivity contribution in [1.82, 2.24) is 10.2 Å². The van der Waals surface area contributed by atoms with Gasteiger partial charge in [-0.2, -0.15) is 0 Å². The van der Waals surface area contributed by atoms with Crippen molar-refractivity contribution in [2.24, 2.45) is 5.73 Å². The van der Waals surface area contributed by atoms with E-state index in [1.54, 1.807) is 0 Å². The number of rotatable bonds is 6. The van der Waals surface area contributed by atoms with E-state index >= 15 is 0 Å². The quantitative estimate of drug-likeness (QED) is 0.724. The molecule has 0 amide bonds. The molecule has 0 aromatic heterocycles. The molecule has 0 aromatic carbocycles. The zero-order valence-corrected chi connectivity index (χ0v) is 11.2. The molecule has 1 aliphatic rings. The molecule has 1 aliphatic carbocycles. The molecular weight excluding hydrogens is 198 g/mol. The molecule has 0 spiro atoms. The van der Waals surface area contributed by atoms with E-state index in [2.05, 4.69) is 31.0 Å². The first-order valence-corrected chi connectivity index (χ1v) is 6.89. The van der Waals surface area contributed by atoms with Crippen LogP contribution in [0.1, 0.15) is 46.5 Å². The van der Waals surface area contributed by atoms with E-state index in [9.17, 15) is 0 Å². The standard InChI is InChI=1S/C13H29N3/c1-4-16(5-2)10-11(3)15-13-8-6-7-12(14)9-13/h11-13,15H,4-10,14H2,1-3H3. The van der Waals surface area contributed by atoms with Crippen LogP contribution in [0.2, 0.25) is 0 Å².